The number of piperidine rings is 1. The fourth-order valence-electron chi connectivity index (χ4n) is 1.86. The van der Waals surface area contributed by atoms with E-state index in [-0.39, 0.29) is 6.10 Å². The van der Waals surface area contributed by atoms with Crippen LogP contribution in [0.2, 0.25) is 0 Å². The van der Waals surface area contributed by atoms with E-state index in [1.54, 1.807) is 0 Å². The summed E-state index contributed by atoms with van der Waals surface area (Å²) >= 11 is 3.45. The Balaban J connectivity index is 2.14. The van der Waals surface area contributed by atoms with Crippen LogP contribution in [0.1, 0.15) is 12.8 Å². The molecule has 1 aromatic rings. The Labute approximate surface area is 92.7 Å². The lowest BCUT2D eigenvalue weighted by Crippen LogP contribution is -2.38. The van der Waals surface area contributed by atoms with Gasteiger partial charge in [-0.3, -0.25) is 0 Å². The van der Waals surface area contributed by atoms with Crippen molar-refractivity contribution in [1.29, 1.82) is 0 Å². The Morgan fingerprint density at radius 3 is 3.00 bits per heavy atom. The number of aliphatic hydroxyl groups excluding tert-OH is 1. The van der Waals surface area contributed by atoms with Crippen LogP contribution in [0.25, 0.3) is 0 Å². The normalized spacial score (nSPS) is 22.4. The second kappa shape index (κ2) is 4.32. The van der Waals surface area contributed by atoms with Gasteiger partial charge < -0.3 is 10.0 Å². The first kappa shape index (κ1) is 9.99. The van der Waals surface area contributed by atoms with Gasteiger partial charge in [0.1, 0.15) is 0 Å². The number of aliphatic hydroxyl groups is 1. The summed E-state index contributed by atoms with van der Waals surface area (Å²) < 4.78 is 1.09. The van der Waals surface area contributed by atoms with Crippen LogP contribution in [0, 0.1) is 0 Å². The average Bonchev–Trinajstić information content (AvgIpc) is 2.18. The van der Waals surface area contributed by atoms with Crippen molar-refractivity contribution in [3.63, 3.8) is 0 Å². The molecule has 0 saturated carbocycles. The molecule has 1 heterocycles. The minimum atomic E-state index is -0.164. The van der Waals surface area contributed by atoms with Crippen molar-refractivity contribution in [2.45, 2.75) is 18.9 Å². The molecule has 1 saturated heterocycles. The summed E-state index contributed by atoms with van der Waals surface area (Å²) in [5, 5.41) is 9.56. The van der Waals surface area contributed by atoms with E-state index in [0.717, 1.165) is 30.4 Å². The zero-order chi connectivity index (χ0) is 9.97. The zero-order valence-corrected chi connectivity index (χ0v) is 9.57. The van der Waals surface area contributed by atoms with Gasteiger partial charge in [-0.2, -0.15) is 0 Å². The van der Waals surface area contributed by atoms with E-state index in [1.165, 1.54) is 5.69 Å². The summed E-state index contributed by atoms with van der Waals surface area (Å²) in [6.07, 6.45) is 1.85. The van der Waals surface area contributed by atoms with Crippen molar-refractivity contribution in [2.24, 2.45) is 0 Å². The Morgan fingerprint density at radius 1 is 1.43 bits per heavy atom. The Hall–Kier alpha value is -0.540. The lowest BCUT2D eigenvalue weighted by molar-refractivity contribution is 0.154. The van der Waals surface area contributed by atoms with Crippen LogP contribution < -0.4 is 4.90 Å². The SMILES string of the molecule is O[C@H]1CCCN(c2cccc(Br)c2)C1. The monoisotopic (exact) mass is 255 g/mol. The van der Waals surface area contributed by atoms with Crippen molar-refractivity contribution in [1.82, 2.24) is 0 Å². The van der Waals surface area contributed by atoms with Crippen LogP contribution in [0.3, 0.4) is 0 Å². The molecule has 0 aromatic heterocycles. The summed E-state index contributed by atoms with van der Waals surface area (Å²) in [7, 11) is 0. The highest BCUT2D eigenvalue weighted by molar-refractivity contribution is 9.10. The van der Waals surface area contributed by atoms with E-state index in [9.17, 15) is 5.11 Å². The molecule has 0 radical (unpaired) electrons. The maximum Gasteiger partial charge on any atom is 0.0715 e. The van der Waals surface area contributed by atoms with Gasteiger partial charge in [0.25, 0.3) is 0 Å². The Kier molecular flexibility index (Phi) is 3.08. The molecule has 0 amide bonds. The lowest BCUT2D eigenvalue weighted by Gasteiger charge is -2.32. The van der Waals surface area contributed by atoms with Gasteiger partial charge in [-0.25, -0.2) is 0 Å². The number of nitrogens with zero attached hydrogens (tertiary/aromatic N) is 1. The predicted molar refractivity (Wildman–Crippen MR) is 61.6 cm³/mol. The highest BCUT2D eigenvalue weighted by Gasteiger charge is 2.17. The van der Waals surface area contributed by atoms with Crippen LogP contribution in [0.4, 0.5) is 5.69 Å². The maximum atomic E-state index is 9.56. The highest BCUT2D eigenvalue weighted by Crippen LogP contribution is 2.23. The van der Waals surface area contributed by atoms with Gasteiger partial charge in [-0.15, -0.1) is 0 Å². The van der Waals surface area contributed by atoms with Crippen molar-refractivity contribution >= 4 is 21.6 Å². The molecule has 3 heteroatoms. The summed E-state index contributed by atoms with van der Waals surface area (Å²) in [4.78, 5) is 2.24. The third-order valence-corrected chi connectivity index (χ3v) is 3.06. The van der Waals surface area contributed by atoms with Crippen molar-refractivity contribution < 1.29 is 5.11 Å². The number of hydrogen-bond acceptors (Lipinski definition) is 2. The predicted octanol–water partition coefficient (Wildman–Crippen LogP) is 2.41. The fourth-order valence-corrected chi connectivity index (χ4v) is 2.25. The van der Waals surface area contributed by atoms with E-state index >= 15 is 0 Å². The third-order valence-electron chi connectivity index (χ3n) is 2.57. The molecule has 0 unspecified atom stereocenters. The van der Waals surface area contributed by atoms with Gasteiger partial charge in [0, 0.05) is 23.2 Å². The van der Waals surface area contributed by atoms with Crippen LogP contribution in [-0.2, 0) is 0 Å². The number of benzene rings is 1. The summed E-state index contributed by atoms with van der Waals surface area (Å²) in [6.45, 7) is 1.81. The third kappa shape index (κ3) is 2.28. The largest absolute Gasteiger partial charge is 0.391 e. The molecule has 1 aromatic carbocycles. The first-order valence-corrected chi connectivity index (χ1v) is 5.73. The number of halogens is 1. The summed E-state index contributed by atoms with van der Waals surface area (Å²) in [5.74, 6) is 0. The van der Waals surface area contributed by atoms with Crippen LogP contribution >= 0.6 is 15.9 Å². The lowest BCUT2D eigenvalue weighted by atomic mass is 10.1. The van der Waals surface area contributed by atoms with E-state index in [0.29, 0.717) is 0 Å². The molecule has 1 atom stereocenters. The average molecular weight is 256 g/mol. The highest BCUT2D eigenvalue weighted by atomic mass is 79.9. The van der Waals surface area contributed by atoms with Crippen molar-refractivity contribution in [3.05, 3.63) is 28.7 Å². The summed E-state index contributed by atoms with van der Waals surface area (Å²) in [5.41, 5.74) is 1.19. The molecule has 0 bridgehead atoms. The maximum absolute atomic E-state index is 9.56. The van der Waals surface area contributed by atoms with Gasteiger partial charge in [0.2, 0.25) is 0 Å². The van der Waals surface area contributed by atoms with Crippen molar-refractivity contribution in [3.8, 4) is 0 Å². The topological polar surface area (TPSA) is 23.5 Å². The molecular weight excluding hydrogens is 242 g/mol. The van der Waals surface area contributed by atoms with Gasteiger partial charge in [0.05, 0.1) is 6.10 Å². The number of β-amino-alcohol motifs (C(OH)–C–C–N with tert-alkyl or cyclic N) is 1. The molecule has 76 valence electrons. The van der Waals surface area contributed by atoms with E-state index < -0.39 is 0 Å². The molecule has 0 spiro atoms. The van der Waals surface area contributed by atoms with Crippen LogP contribution in [0.15, 0.2) is 28.7 Å². The number of anilines is 1. The quantitative estimate of drug-likeness (QED) is 0.834. The van der Waals surface area contributed by atoms with Crippen LogP contribution in [0.5, 0.6) is 0 Å². The van der Waals surface area contributed by atoms with Crippen molar-refractivity contribution in [2.75, 3.05) is 18.0 Å². The first-order valence-electron chi connectivity index (χ1n) is 4.94. The second-order valence-electron chi connectivity index (χ2n) is 3.72. The second-order valence-corrected chi connectivity index (χ2v) is 4.64. The Bertz CT molecular complexity index is 316. The zero-order valence-electron chi connectivity index (χ0n) is 7.99. The first-order chi connectivity index (χ1) is 6.75. The molecule has 1 fully saturated rings. The molecule has 0 aliphatic carbocycles. The van der Waals surface area contributed by atoms with E-state index in [4.69, 9.17) is 0 Å². The molecular formula is C11H14BrNO. The van der Waals surface area contributed by atoms with E-state index in [2.05, 4.69) is 33.0 Å². The Morgan fingerprint density at radius 2 is 2.29 bits per heavy atom. The van der Waals surface area contributed by atoms with E-state index in [1.807, 2.05) is 12.1 Å². The molecule has 2 rings (SSSR count). The van der Waals surface area contributed by atoms with Gasteiger partial charge in [-0.05, 0) is 31.0 Å². The minimum Gasteiger partial charge on any atom is -0.391 e. The molecule has 1 N–H and O–H groups in total. The van der Waals surface area contributed by atoms with Crippen LogP contribution in [-0.4, -0.2) is 24.3 Å². The number of hydrogen-bond donors (Lipinski definition) is 1. The molecule has 2 nitrogen and oxygen atoms in total. The van der Waals surface area contributed by atoms with Gasteiger partial charge in [0.15, 0.2) is 0 Å². The standard InChI is InChI=1S/C11H14BrNO/c12-9-3-1-4-10(7-9)13-6-2-5-11(14)8-13/h1,3-4,7,11,14H,2,5-6,8H2/t11-/m0/s1. The smallest absolute Gasteiger partial charge is 0.0715 e. The van der Waals surface area contributed by atoms with Gasteiger partial charge >= 0.3 is 0 Å². The molecule has 1 aliphatic heterocycles. The fraction of sp³-hybridized carbons (Fsp3) is 0.455. The molecule has 1 aliphatic rings. The number of rotatable bonds is 1. The molecule has 14 heavy (non-hydrogen) atoms. The van der Waals surface area contributed by atoms with Gasteiger partial charge in [-0.1, -0.05) is 22.0 Å². The summed E-state index contributed by atoms with van der Waals surface area (Å²) in [6, 6.07) is 8.23. The minimum absolute atomic E-state index is 0.164.